The number of nitrogens with zero attached hydrogens (tertiary/aromatic N) is 1. The molecule has 2 heterocycles. The Bertz CT molecular complexity index is 1210. The van der Waals surface area contributed by atoms with E-state index in [1.165, 1.54) is 30.5 Å². The average molecular weight is 538 g/mol. The molecule has 1 aromatic heterocycles. The van der Waals surface area contributed by atoms with Gasteiger partial charge in [-0.05, 0) is 29.9 Å². The van der Waals surface area contributed by atoms with Gasteiger partial charge in [0, 0.05) is 31.4 Å². The lowest BCUT2D eigenvalue weighted by Crippen LogP contribution is -2.48. The zero-order valence-electron chi connectivity index (χ0n) is 21.3. The molecule has 4 rings (SSSR count). The van der Waals surface area contributed by atoms with Gasteiger partial charge in [-0.2, -0.15) is 0 Å². The van der Waals surface area contributed by atoms with Gasteiger partial charge in [0.15, 0.2) is 0 Å². The van der Waals surface area contributed by atoms with Gasteiger partial charge in [0.2, 0.25) is 11.8 Å². The van der Waals surface area contributed by atoms with Crippen molar-refractivity contribution in [3.63, 3.8) is 0 Å². The van der Waals surface area contributed by atoms with E-state index in [0.29, 0.717) is 40.8 Å². The molecule has 10 heteroatoms. The third kappa shape index (κ3) is 6.70. The fourth-order valence-electron chi connectivity index (χ4n) is 4.27. The van der Waals surface area contributed by atoms with Gasteiger partial charge in [0.25, 0.3) is 5.91 Å². The molecule has 1 saturated heterocycles. The van der Waals surface area contributed by atoms with Crippen molar-refractivity contribution in [2.45, 2.75) is 25.0 Å². The fraction of sp³-hybridized carbons (Fsp3) is 0.321. The Morgan fingerprint density at radius 3 is 2.37 bits per heavy atom. The highest BCUT2D eigenvalue weighted by atomic mass is 32.1. The molecule has 2 aromatic carbocycles. The van der Waals surface area contributed by atoms with Crippen molar-refractivity contribution in [1.29, 1.82) is 0 Å². The van der Waals surface area contributed by atoms with Crippen molar-refractivity contribution in [1.82, 2.24) is 10.6 Å². The minimum absolute atomic E-state index is 0.0680. The molecular formula is C28H31N3O6S. The Hall–Kier alpha value is -3.89. The molecule has 0 spiro atoms. The lowest BCUT2D eigenvalue weighted by atomic mass is 10.0. The number of ether oxygens (including phenoxy) is 3. The van der Waals surface area contributed by atoms with Crippen LogP contribution in [0.2, 0.25) is 0 Å². The number of benzene rings is 2. The summed E-state index contributed by atoms with van der Waals surface area (Å²) in [5.74, 6) is -0.314. The van der Waals surface area contributed by atoms with Crippen molar-refractivity contribution >= 4 is 34.7 Å². The second-order valence-corrected chi connectivity index (χ2v) is 9.64. The molecule has 0 bridgehead atoms. The first kappa shape index (κ1) is 27.2. The van der Waals surface area contributed by atoms with Crippen LogP contribution in [0.5, 0.6) is 11.5 Å². The molecule has 0 saturated carbocycles. The van der Waals surface area contributed by atoms with Crippen LogP contribution in [0.1, 0.15) is 34.1 Å². The Morgan fingerprint density at radius 2 is 1.76 bits per heavy atom. The number of thiophene rings is 1. The zero-order chi connectivity index (χ0) is 26.9. The number of hydrogen-bond donors (Lipinski definition) is 2. The number of methoxy groups -OCH3 is 2. The lowest BCUT2D eigenvalue weighted by Gasteiger charge is -2.32. The molecule has 3 aromatic rings. The van der Waals surface area contributed by atoms with Crippen molar-refractivity contribution in [2.24, 2.45) is 0 Å². The molecule has 0 radical (unpaired) electrons. The summed E-state index contributed by atoms with van der Waals surface area (Å²) in [5.41, 5.74) is 0.995. The first-order chi connectivity index (χ1) is 18.5. The lowest BCUT2D eigenvalue weighted by molar-refractivity contribution is -0.126. The molecule has 38 heavy (non-hydrogen) atoms. The molecule has 200 valence electrons. The van der Waals surface area contributed by atoms with Crippen LogP contribution in [-0.4, -0.2) is 57.7 Å². The van der Waals surface area contributed by atoms with Crippen LogP contribution < -0.4 is 25.0 Å². The summed E-state index contributed by atoms with van der Waals surface area (Å²) in [6.07, 6.45) is 1.74. The maximum absolute atomic E-state index is 13.8. The third-order valence-corrected chi connectivity index (χ3v) is 7.05. The van der Waals surface area contributed by atoms with E-state index in [4.69, 9.17) is 14.2 Å². The Labute approximate surface area is 225 Å². The summed E-state index contributed by atoms with van der Waals surface area (Å²) < 4.78 is 16.5. The number of amides is 3. The minimum atomic E-state index is -1.03. The predicted octanol–water partition coefficient (Wildman–Crippen LogP) is 3.56. The molecule has 0 aliphatic carbocycles. The van der Waals surface area contributed by atoms with E-state index in [0.717, 1.165) is 12.8 Å². The number of hydrogen-bond acceptors (Lipinski definition) is 7. The van der Waals surface area contributed by atoms with Gasteiger partial charge in [-0.1, -0.05) is 36.4 Å². The number of anilines is 1. The maximum atomic E-state index is 13.8. The van der Waals surface area contributed by atoms with Gasteiger partial charge in [-0.25, -0.2) is 0 Å². The first-order valence-corrected chi connectivity index (χ1v) is 13.2. The van der Waals surface area contributed by atoms with E-state index in [9.17, 15) is 14.4 Å². The summed E-state index contributed by atoms with van der Waals surface area (Å²) in [6, 6.07) is 16.5. The summed E-state index contributed by atoms with van der Waals surface area (Å²) in [4.78, 5) is 42.0. The summed E-state index contributed by atoms with van der Waals surface area (Å²) in [7, 11) is 3.02. The van der Waals surface area contributed by atoms with E-state index in [1.54, 1.807) is 47.8 Å². The van der Waals surface area contributed by atoms with Crippen molar-refractivity contribution in [3.05, 3.63) is 76.5 Å². The van der Waals surface area contributed by atoms with Gasteiger partial charge in [-0.3, -0.25) is 19.3 Å². The molecule has 0 unspecified atom stereocenters. The van der Waals surface area contributed by atoms with E-state index in [1.807, 2.05) is 18.2 Å². The van der Waals surface area contributed by atoms with Gasteiger partial charge >= 0.3 is 0 Å². The smallest absolute Gasteiger partial charge is 0.261 e. The fourth-order valence-corrected chi connectivity index (χ4v) is 4.91. The van der Waals surface area contributed by atoms with Gasteiger partial charge in [0.1, 0.15) is 17.5 Å². The highest BCUT2D eigenvalue weighted by Gasteiger charge is 2.34. The van der Waals surface area contributed by atoms with E-state index >= 15 is 0 Å². The van der Waals surface area contributed by atoms with Crippen LogP contribution in [0.25, 0.3) is 0 Å². The Morgan fingerprint density at radius 1 is 1.03 bits per heavy atom. The largest absolute Gasteiger partial charge is 0.497 e. The maximum Gasteiger partial charge on any atom is 0.261 e. The molecule has 3 amide bonds. The molecular weight excluding hydrogens is 506 g/mol. The van der Waals surface area contributed by atoms with Crippen molar-refractivity contribution in [3.8, 4) is 11.5 Å². The van der Waals surface area contributed by atoms with Gasteiger partial charge in [0.05, 0.1) is 37.4 Å². The standard InChI is InChI=1S/C28H31N3O6S/c1-35-22-14-20(15-23(16-22)36-2)31(25(32)18-30-27(33)24-11-7-13-38-24)26(19-8-4-3-5-9-19)28(34)29-17-21-10-6-12-37-21/h3-5,7-9,11,13-16,21,26H,6,10,12,17-18H2,1-2H3,(H,29,34)(H,30,33)/t21-,26-/m0/s1. The third-order valence-electron chi connectivity index (χ3n) is 6.18. The average Bonchev–Trinajstić information content (AvgIpc) is 3.68. The zero-order valence-corrected chi connectivity index (χ0v) is 22.2. The number of rotatable bonds is 11. The second-order valence-electron chi connectivity index (χ2n) is 8.69. The van der Waals surface area contributed by atoms with E-state index in [2.05, 4.69) is 10.6 Å². The first-order valence-electron chi connectivity index (χ1n) is 12.3. The van der Waals surface area contributed by atoms with Crippen molar-refractivity contribution in [2.75, 3.05) is 38.8 Å². The Kier molecular flexibility index (Phi) is 9.34. The van der Waals surface area contributed by atoms with Crippen LogP contribution >= 0.6 is 11.3 Å². The summed E-state index contributed by atoms with van der Waals surface area (Å²) in [5, 5.41) is 7.43. The van der Waals surface area contributed by atoms with Crippen LogP contribution in [-0.2, 0) is 14.3 Å². The van der Waals surface area contributed by atoms with Crippen LogP contribution in [0, 0.1) is 0 Å². The van der Waals surface area contributed by atoms with Crippen LogP contribution in [0.3, 0.4) is 0 Å². The quantitative estimate of drug-likeness (QED) is 0.388. The molecule has 1 aliphatic heterocycles. The van der Waals surface area contributed by atoms with Crippen molar-refractivity contribution < 1.29 is 28.6 Å². The highest BCUT2D eigenvalue weighted by molar-refractivity contribution is 7.12. The van der Waals surface area contributed by atoms with Crippen LogP contribution in [0.4, 0.5) is 5.69 Å². The predicted molar refractivity (Wildman–Crippen MR) is 145 cm³/mol. The SMILES string of the molecule is COc1cc(OC)cc(N(C(=O)CNC(=O)c2cccs2)[C@H](C(=O)NC[C@@H]2CCCO2)c2ccccc2)c1. The molecule has 2 atom stereocenters. The Balaban J connectivity index is 1.70. The minimum Gasteiger partial charge on any atom is -0.497 e. The number of carbonyl (C=O) groups excluding carboxylic acids is 3. The van der Waals surface area contributed by atoms with E-state index < -0.39 is 11.9 Å². The second kappa shape index (κ2) is 13.1. The molecule has 2 N–H and O–H groups in total. The summed E-state index contributed by atoms with van der Waals surface area (Å²) in [6.45, 7) is 0.681. The summed E-state index contributed by atoms with van der Waals surface area (Å²) >= 11 is 1.28. The van der Waals surface area contributed by atoms with Crippen LogP contribution in [0.15, 0.2) is 66.0 Å². The molecule has 1 fully saturated rings. The molecule has 1 aliphatic rings. The topological polar surface area (TPSA) is 106 Å². The normalized spacial score (nSPS) is 15.4. The number of carbonyl (C=O) groups is 3. The van der Waals surface area contributed by atoms with Gasteiger partial charge in [-0.15, -0.1) is 11.3 Å². The van der Waals surface area contributed by atoms with E-state index in [-0.39, 0.29) is 24.5 Å². The van der Waals surface area contributed by atoms with Gasteiger partial charge < -0.3 is 24.8 Å². The number of nitrogens with one attached hydrogen (secondary N) is 2. The highest BCUT2D eigenvalue weighted by Crippen LogP contribution is 2.34. The molecule has 9 nitrogen and oxygen atoms in total. The monoisotopic (exact) mass is 537 g/mol.